The first-order valence-electron chi connectivity index (χ1n) is 13.0. The van der Waals surface area contributed by atoms with Crippen LogP contribution in [-0.4, -0.2) is 42.3 Å². The van der Waals surface area contributed by atoms with Crippen LogP contribution in [0.1, 0.15) is 41.6 Å². The van der Waals surface area contributed by atoms with Crippen molar-refractivity contribution in [1.29, 1.82) is 0 Å². The van der Waals surface area contributed by atoms with Crippen LogP contribution in [0, 0.1) is 5.92 Å². The molecule has 38 heavy (non-hydrogen) atoms. The minimum Gasteiger partial charge on any atom is -0.392 e. The highest BCUT2D eigenvalue weighted by Gasteiger charge is 2.38. The second kappa shape index (κ2) is 13.3. The molecule has 1 saturated heterocycles. The summed E-state index contributed by atoms with van der Waals surface area (Å²) in [6.45, 7) is 7.91. The number of likely N-dealkylation sites (N-methyl/N-ethyl adjacent to an activating group) is 1. The van der Waals surface area contributed by atoms with Crippen molar-refractivity contribution in [2.45, 2.75) is 38.6 Å². The van der Waals surface area contributed by atoms with Gasteiger partial charge in [-0.05, 0) is 35.9 Å². The summed E-state index contributed by atoms with van der Waals surface area (Å²) < 4.78 is 13.0. The molecule has 1 aliphatic rings. The molecule has 0 radical (unpaired) electrons. The molecule has 1 heterocycles. The topological polar surface area (TPSA) is 83.1 Å². The van der Waals surface area contributed by atoms with E-state index in [0.29, 0.717) is 12.2 Å². The summed E-state index contributed by atoms with van der Waals surface area (Å²) in [5.74, 6) is 0.0866. The second-order valence-electron chi connectivity index (χ2n) is 9.75. The highest BCUT2D eigenvalue weighted by Crippen LogP contribution is 2.42. The van der Waals surface area contributed by atoms with Gasteiger partial charge in [0.2, 0.25) is 0 Å². The zero-order valence-electron chi connectivity index (χ0n) is 22.0. The molecule has 0 bridgehead atoms. The first-order valence-corrected chi connectivity index (χ1v) is 13.0. The van der Waals surface area contributed by atoms with Gasteiger partial charge in [0.15, 0.2) is 6.29 Å². The molecule has 0 spiro atoms. The number of benzene rings is 3. The van der Waals surface area contributed by atoms with E-state index in [0.717, 1.165) is 35.3 Å². The fourth-order valence-electron chi connectivity index (χ4n) is 4.65. The van der Waals surface area contributed by atoms with Crippen LogP contribution in [-0.2, 0) is 22.6 Å². The minimum absolute atomic E-state index is 0.000778. The van der Waals surface area contributed by atoms with Gasteiger partial charge < -0.3 is 30.1 Å². The van der Waals surface area contributed by atoms with Crippen LogP contribution in [0.15, 0.2) is 91.5 Å². The van der Waals surface area contributed by atoms with Crippen LogP contribution in [0.2, 0.25) is 0 Å². The summed E-state index contributed by atoms with van der Waals surface area (Å²) in [7, 11) is 2.05. The number of nitrogens with one attached hydrogen (secondary N) is 2. The van der Waals surface area contributed by atoms with Gasteiger partial charge >= 0.3 is 6.03 Å². The number of urea groups is 1. The van der Waals surface area contributed by atoms with Gasteiger partial charge in [-0.3, -0.25) is 0 Å². The summed E-state index contributed by atoms with van der Waals surface area (Å²) in [5.41, 5.74) is 4.40. The van der Waals surface area contributed by atoms with Crippen molar-refractivity contribution >= 4 is 11.7 Å². The first-order chi connectivity index (χ1) is 18.5. The van der Waals surface area contributed by atoms with Gasteiger partial charge in [0.05, 0.1) is 18.8 Å². The van der Waals surface area contributed by atoms with Crippen molar-refractivity contribution in [3.8, 4) is 0 Å². The predicted octanol–water partition coefficient (Wildman–Crippen LogP) is 5.41. The molecule has 7 nitrogen and oxygen atoms in total. The SMILES string of the molecule is C=CCN(C)C[C@@H]1O[C@H](c2cccc(NC(=O)NCc3ccccc3)c2)O[C@H](c2ccc(CO)cc2)[C@@H]1C. The fourth-order valence-corrected chi connectivity index (χ4v) is 4.65. The van der Waals surface area contributed by atoms with Crippen LogP contribution in [0.4, 0.5) is 10.5 Å². The van der Waals surface area contributed by atoms with Crippen molar-refractivity contribution in [2.75, 3.05) is 25.5 Å². The predicted molar refractivity (Wildman–Crippen MR) is 149 cm³/mol. The smallest absolute Gasteiger partial charge is 0.319 e. The molecule has 0 aliphatic carbocycles. The Morgan fingerprint density at radius 3 is 2.47 bits per heavy atom. The van der Waals surface area contributed by atoms with Crippen LogP contribution in [0.5, 0.6) is 0 Å². The maximum absolute atomic E-state index is 12.5. The van der Waals surface area contributed by atoms with Crippen molar-refractivity contribution in [2.24, 2.45) is 5.92 Å². The molecule has 3 aromatic carbocycles. The van der Waals surface area contributed by atoms with Crippen molar-refractivity contribution in [3.05, 3.63) is 114 Å². The largest absolute Gasteiger partial charge is 0.392 e. The van der Waals surface area contributed by atoms with E-state index in [1.807, 2.05) is 92.0 Å². The maximum atomic E-state index is 12.5. The van der Waals surface area contributed by atoms with Crippen LogP contribution >= 0.6 is 0 Å². The molecule has 0 aromatic heterocycles. The third-order valence-corrected chi connectivity index (χ3v) is 6.77. The number of aliphatic hydroxyl groups is 1. The number of rotatable bonds is 10. The van der Waals surface area contributed by atoms with Gasteiger partial charge in [-0.25, -0.2) is 4.79 Å². The van der Waals surface area contributed by atoms with E-state index >= 15 is 0 Å². The lowest BCUT2D eigenvalue weighted by Crippen LogP contribution is -2.43. The van der Waals surface area contributed by atoms with Crippen molar-refractivity contribution in [1.82, 2.24) is 10.2 Å². The summed E-state index contributed by atoms with van der Waals surface area (Å²) in [4.78, 5) is 14.7. The average molecular weight is 516 g/mol. The molecule has 200 valence electrons. The summed E-state index contributed by atoms with van der Waals surface area (Å²) >= 11 is 0. The number of hydrogen-bond acceptors (Lipinski definition) is 5. The zero-order chi connectivity index (χ0) is 26.9. The normalized spacial score (nSPS) is 21.2. The number of carbonyl (C=O) groups excluding carboxylic acids is 1. The third kappa shape index (κ3) is 7.30. The highest BCUT2D eigenvalue weighted by molar-refractivity contribution is 5.89. The Morgan fingerprint density at radius 2 is 1.76 bits per heavy atom. The van der Waals surface area contributed by atoms with Crippen molar-refractivity contribution < 1.29 is 19.4 Å². The van der Waals surface area contributed by atoms with Gasteiger partial charge in [0.25, 0.3) is 0 Å². The fraction of sp³-hybridized carbons (Fsp3) is 0.323. The molecule has 4 atom stereocenters. The van der Waals surface area contributed by atoms with Crippen LogP contribution in [0.25, 0.3) is 0 Å². The van der Waals surface area contributed by atoms with Gasteiger partial charge in [-0.1, -0.05) is 79.7 Å². The van der Waals surface area contributed by atoms with Crippen molar-refractivity contribution in [3.63, 3.8) is 0 Å². The number of amides is 2. The summed E-state index contributed by atoms with van der Waals surface area (Å²) in [5, 5.41) is 15.3. The average Bonchev–Trinajstić information content (AvgIpc) is 2.94. The Balaban J connectivity index is 1.50. The number of hydrogen-bond donors (Lipinski definition) is 3. The molecule has 4 rings (SSSR count). The first kappa shape index (κ1) is 27.5. The van der Waals surface area contributed by atoms with E-state index in [1.54, 1.807) is 0 Å². The molecule has 3 aromatic rings. The molecule has 7 heteroatoms. The number of aliphatic hydroxyl groups excluding tert-OH is 1. The lowest BCUT2D eigenvalue weighted by atomic mass is 9.90. The van der Waals surface area contributed by atoms with Crippen LogP contribution < -0.4 is 10.6 Å². The number of carbonyl (C=O) groups is 1. The number of ether oxygens (including phenoxy) is 2. The summed E-state index contributed by atoms with van der Waals surface area (Å²) in [6.07, 6.45) is 0.983. The van der Waals surface area contributed by atoms with E-state index < -0.39 is 6.29 Å². The minimum atomic E-state index is -0.607. The molecular weight excluding hydrogens is 478 g/mol. The second-order valence-corrected chi connectivity index (χ2v) is 9.75. The Hall–Kier alpha value is -3.49. The Kier molecular flexibility index (Phi) is 9.67. The quantitative estimate of drug-likeness (QED) is 0.315. The van der Waals surface area contributed by atoms with E-state index in [4.69, 9.17) is 9.47 Å². The van der Waals surface area contributed by atoms with Gasteiger partial charge in [-0.2, -0.15) is 0 Å². The van der Waals surface area contributed by atoms with Gasteiger partial charge in [0.1, 0.15) is 0 Å². The van der Waals surface area contributed by atoms with Crippen LogP contribution in [0.3, 0.4) is 0 Å². The number of nitrogens with zero attached hydrogens (tertiary/aromatic N) is 1. The Morgan fingerprint density at radius 1 is 1.00 bits per heavy atom. The molecule has 1 aliphatic heterocycles. The number of anilines is 1. The monoisotopic (exact) mass is 515 g/mol. The van der Waals surface area contributed by atoms with Gasteiger partial charge in [-0.15, -0.1) is 6.58 Å². The standard InChI is InChI=1S/C31H37N3O4/c1-4-17-34(3)20-28-22(2)29(25-15-13-24(21-35)14-16-25)38-30(37-28)26-11-8-12-27(18-26)33-31(36)32-19-23-9-6-5-7-10-23/h4-16,18,22,28-30,35H,1,17,19-21H2,2-3H3,(H2,32,33,36)/t22-,28+,29+,30+/m1/s1. The summed E-state index contributed by atoms with van der Waals surface area (Å²) in [6, 6.07) is 24.9. The lowest BCUT2D eigenvalue weighted by molar-refractivity contribution is -0.275. The van der Waals surface area contributed by atoms with E-state index in [9.17, 15) is 9.90 Å². The van der Waals surface area contributed by atoms with E-state index in [-0.39, 0.29) is 30.8 Å². The maximum Gasteiger partial charge on any atom is 0.319 e. The Bertz CT molecular complexity index is 1190. The highest BCUT2D eigenvalue weighted by atomic mass is 16.7. The van der Waals surface area contributed by atoms with E-state index in [2.05, 4.69) is 29.0 Å². The molecule has 2 amide bonds. The van der Waals surface area contributed by atoms with E-state index in [1.165, 1.54) is 0 Å². The molecule has 3 N–H and O–H groups in total. The van der Waals surface area contributed by atoms with Gasteiger partial charge in [0, 0.05) is 36.8 Å². The molecular formula is C31H37N3O4. The zero-order valence-corrected chi connectivity index (χ0v) is 22.0. The Labute approximate surface area is 225 Å². The lowest BCUT2D eigenvalue weighted by Gasteiger charge is -2.42. The molecule has 1 fully saturated rings. The third-order valence-electron chi connectivity index (χ3n) is 6.77. The molecule has 0 saturated carbocycles. The molecule has 0 unspecified atom stereocenters.